The molecule has 0 aromatic heterocycles. The quantitative estimate of drug-likeness (QED) is 0.584. The minimum absolute atomic E-state index is 0.276. The molecule has 0 unspecified atom stereocenters. The van der Waals surface area contributed by atoms with Gasteiger partial charge in [-0.3, -0.25) is 4.79 Å². The molecule has 6 heteroatoms. The smallest absolute Gasteiger partial charge is 0.408 e. The van der Waals surface area contributed by atoms with E-state index in [1.165, 1.54) is 7.11 Å². The van der Waals surface area contributed by atoms with Crippen molar-refractivity contribution < 1.29 is 19.1 Å². The zero-order valence-electron chi connectivity index (χ0n) is 15.4. The maximum atomic E-state index is 12.1. The van der Waals surface area contributed by atoms with Crippen LogP contribution in [0.5, 0.6) is 0 Å². The third-order valence-electron chi connectivity index (χ3n) is 3.41. The second-order valence-electron chi connectivity index (χ2n) is 6.80. The molecule has 0 spiro atoms. The van der Waals surface area contributed by atoms with E-state index in [9.17, 15) is 9.59 Å². The molecule has 0 fully saturated rings. The first kappa shape index (κ1) is 20.7. The van der Waals surface area contributed by atoms with Crippen molar-refractivity contribution in [2.75, 3.05) is 7.11 Å². The van der Waals surface area contributed by atoms with Gasteiger partial charge in [0.2, 0.25) is 0 Å². The van der Waals surface area contributed by atoms with Crippen molar-refractivity contribution in [3.8, 4) is 0 Å². The fraction of sp³-hybridized carbons (Fsp3) is 0.474. The molecule has 25 heavy (non-hydrogen) atoms. The Balaban J connectivity index is 2.89. The molecule has 0 saturated heterocycles. The Bertz CT molecular complexity index is 608. The van der Waals surface area contributed by atoms with Crippen LogP contribution >= 0.6 is 0 Å². The van der Waals surface area contributed by atoms with Gasteiger partial charge in [-0.05, 0) is 44.7 Å². The summed E-state index contributed by atoms with van der Waals surface area (Å²) in [7, 11) is 1.31. The molecule has 138 valence electrons. The predicted octanol–water partition coefficient (Wildman–Crippen LogP) is 2.87. The average molecular weight is 348 g/mol. The van der Waals surface area contributed by atoms with Crippen LogP contribution in [0, 0.1) is 0 Å². The van der Waals surface area contributed by atoms with E-state index in [2.05, 4.69) is 16.6 Å². The van der Waals surface area contributed by atoms with Gasteiger partial charge >= 0.3 is 12.1 Å². The van der Waals surface area contributed by atoms with Gasteiger partial charge in [-0.15, -0.1) is 6.58 Å². The maximum Gasteiger partial charge on any atom is 0.408 e. The number of hydrogen-bond donors (Lipinski definition) is 2. The first-order valence-corrected chi connectivity index (χ1v) is 8.19. The van der Waals surface area contributed by atoms with Gasteiger partial charge in [0.1, 0.15) is 11.6 Å². The van der Waals surface area contributed by atoms with E-state index in [0.29, 0.717) is 12.8 Å². The standard InChI is InChI=1S/C19H28N2O4/c1-6-8-16(21-18(23)25-19(2,3)4)14-10-7-9-13(11-14)12-15(20)17(22)24-5/h6-7,9-11,15-16H,1,8,12,20H2,2-5H3,(H,21,23)/t15-,16+/m1/s1. The van der Waals surface area contributed by atoms with Crippen molar-refractivity contribution in [3.05, 3.63) is 48.0 Å². The molecule has 1 amide bonds. The molecule has 1 aromatic rings. The number of nitrogens with two attached hydrogens (primary N) is 1. The lowest BCUT2D eigenvalue weighted by Gasteiger charge is -2.23. The normalized spacial score (nSPS) is 13.5. The van der Waals surface area contributed by atoms with Gasteiger partial charge in [-0.1, -0.05) is 30.3 Å². The molecule has 6 nitrogen and oxygen atoms in total. The molecular formula is C19H28N2O4. The highest BCUT2D eigenvalue weighted by molar-refractivity contribution is 5.75. The lowest BCUT2D eigenvalue weighted by molar-refractivity contribution is -0.142. The van der Waals surface area contributed by atoms with Gasteiger partial charge in [0.05, 0.1) is 13.2 Å². The molecule has 0 bridgehead atoms. The van der Waals surface area contributed by atoms with Crippen molar-refractivity contribution in [1.29, 1.82) is 0 Å². The summed E-state index contributed by atoms with van der Waals surface area (Å²) in [6.45, 7) is 9.17. The summed E-state index contributed by atoms with van der Waals surface area (Å²) < 4.78 is 9.96. The largest absolute Gasteiger partial charge is 0.468 e. The van der Waals surface area contributed by atoms with Crippen LogP contribution in [0.4, 0.5) is 4.79 Å². The fourth-order valence-electron chi connectivity index (χ4n) is 2.32. The number of ether oxygens (including phenoxy) is 2. The Morgan fingerprint density at radius 3 is 2.60 bits per heavy atom. The average Bonchev–Trinajstić information content (AvgIpc) is 2.52. The summed E-state index contributed by atoms with van der Waals surface area (Å²) in [4.78, 5) is 23.5. The van der Waals surface area contributed by atoms with Gasteiger partial charge in [-0.2, -0.15) is 0 Å². The van der Waals surface area contributed by atoms with Crippen LogP contribution in [-0.2, 0) is 20.7 Å². The number of amides is 1. The number of esters is 1. The summed E-state index contributed by atoms with van der Waals surface area (Å²) in [5, 5.41) is 2.85. The molecule has 2 atom stereocenters. The summed E-state index contributed by atoms with van der Waals surface area (Å²) in [5.41, 5.74) is 7.02. The number of hydrogen-bond acceptors (Lipinski definition) is 5. The van der Waals surface area contributed by atoms with Crippen molar-refractivity contribution in [1.82, 2.24) is 5.32 Å². The van der Waals surface area contributed by atoms with Crippen LogP contribution in [0.15, 0.2) is 36.9 Å². The zero-order chi connectivity index (χ0) is 19.0. The molecule has 0 heterocycles. The van der Waals surface area contributed by atoms with E-state index in [4.69, 9.17) is 10.5 Å². The minimum atomic E-state index is -0.725. The first-order valence-electron chi connectivity index (χ1n) is 8.19. The third kappa shape index (κ3) is 7.39. The third-order valence-corrected chi connectivity index (χ3v) is 3.41. The Labute approximate surface area is 149 Å². The lowest BCUT2D eigenvalue weighted by atomic mass is 9.98. The SMILES string of the molecule is C=CC[C@H](NC(=O)OC(C)(C)C)c1cccc(C[C@@H](N)C(=O)OC)c1. The molecule has 0 aliphatic rings. The van der Waals surface area contributed by atoms with Crippen molar-refractivity contribution in [3.63, 3.8) is 0 Å². The number of carbonyl (C=O) groups is 2. The summed E-state index contributed by atoms with van der Waals surface area (Å²) in [6, 6.07) is 6.55. The van der Waals surface area contributed by atoms with Crippen molar-refractivity contribution in [2.24, 2.45) is 5.73 Å². The Kier molecular flexibility index (Phi) is 7.64. The Hall–Kier alpha value is -2.34. The number of rotatable bonds is 7. The van der Waals surface area contributed by atoms with E-state index in [0.717, 1.165) is 11.1 Å². The second kappa shape index (κ2) is 9.22. The van der Waals surface area contributed by atoms with Gasteiger partial charge < -0.3 is 20.5 Å². The van der Waals surface area contributed by atoms with Crippen LogP contribution in [0.25, 0.3) is 0 Å². The van der Waals surface area contributed by atoms with Crippen molar-refractivity contribution >= 4 is 12.1 Å². The number of carbonyl (C=O) groups excluding carboxylic acids is 2. The zero-order valence-corrected chi connectivity index (χ0v) is 15.4. The molecule has 1 aromatic carbocycles. The van der Waals surface area contributed by atoms with E-state index >= 15 is 0 Å². The highest BCUT2D eigenvalue weighted by Gasteiger charge is 2.21. The second-order valence-corrected chi connectivity index (χ2v) is 6.80. The Morgan fingerprint density at radius 1 is 1.36 bits per heavy atom. The molecule has 0 saturated carbocycles. The Morgan fingerprint density at radius 2 is 2.04 bits per heavy atom. The van der Waals surface area contributed by atoms with Crippen LogP contribution < -0.4 is 11.1 Å². The minimum Gasteiger partial charge on any atom is -0.468 e. The van der Waals surface area contributed by atoms with Gasteiger partial charge in [-0.25, -0.2) is 4.79 Å². The van der Waals surface area contributed by atoms with Crippen LogP contribution in [0.2, 0.25) is 0 Å². The molecule has 3 N–H and O–H groups in total. The summed E-state index contributed by atoms with van der Waals surface area (Å²) >= 11 is 0. The highest BCUT2D eigenvalue weighted by atomic mass is 16.6. The number of benzene rings is 1. The molecule has 0 aliphatic heterocycles. The van der Waals surface area contributed by atoms with Gasteiger partial charge in [0.25, 0.3) is 0 Å². The number of methoxy groups -OCH3 is 1. The van der Waals surface area contributed by atoms with Crippen molar-refractivity contribution in [2.45, 2.75) is 51.3 Å². The maximum absolute atomic E-state index is 12.1. The lowest BCUT2D eigenvalue weighted by Crippen LogP contribution is -2.35. The number of nitrogens with one attached hydrogen (secondary N) is 1. The highest BCUT2D eigenvalue weighted by Crippen LogP contribution is 2.20. The van der Waals surface area contributed by atoms with E-state index < -0.39 is 23.7 Å². The van der Waals surface area contributed by atoms with E-state index in [-0.39, 0.29) is 6.04 Å². The van der Waals surface area contributed by atoms with Crippen LogP contribution in [0.1, 0.15) is 44.4 Å². The summed E-state index contributed by atoms with van der Waals surface area (Å²) in [5.74, 6) is -0.458. The van der Waals surface area contributed by atoms with Crippen LogP contribution in [0.3, 0.4) is 0 Å². The fourth-order valence-corrected chi connectivity index (χ4v) is 2.32. The number of alkyl carbamates (subject to hydrolysis) is 1. The topological polar surface area (TPSA) is 90.6 Å². The summed E-state index contributed by atoms with van der Waals surface area (Å²) in [6.07, 6.45) is 2.14. The monoisotopic (exact) mass is 348 g/mol. The first-order chi connectivity index (χ1) is 11.7. The van der Waals surface area contributed by atoms with E-state index in [1.807, 2.05) is 45.0 Å². The molecule has 0 radical (unpaired) electrons. The molecule has 1 rings (SSSR count). The van der Waals surface area contributed by atoms with Gasteiger partial charge in [0, 0.05) is 0 Å². The molecule has 0 aliphatic carbocycles. The van der Waals surface area contributed by atoms with E-state index in [1.54, 1.807) is 6.08 Å². The van der Waals surface area contributed by atoms with Crippen LogP contribution in [-0.4, -0.2) is 30.8 Å². The molecular weight excluding hydrogens is 320 g/mol. The van der Waals surface area contributed by atoms with Gasteiger partial charge in [0.15, 0.2) is 0 Å². The predicted molar refractivity (Wildman–Crippen MR) is 97.1 cm³/mol.